The number of carbonyl (C=O) groups excluding carboxylic acids is 1. The summed E-state index contributed by atoms with van der Waals surface area (Å²) in [5.41, 5.74) is 12.5. The van der Waals surface area contributed by atoms with Gasteiger partial charge in [0.15, 0.2) is 11.5 Å². The van der Waals surface area contributed by atoms with E-state index in [1.807, 2.05) is 37.2 Å². The summed E-state index contributed by atoms with van der Waals surface area (Å²) in [4.78, 5) is 18.4. The number of nitrogens with one attached hydrogen (secondary N) is 2. The molecule has 1 aliphatic rings. The number of hydrogen-bond acceptors (Lipinski definition) is 8. The van der Waals surface area contributed by atoms with E-state index in [1.54, 1.807) is 0 Å². The number of nitrogens with two attached hydrogens (primary N) is 2. The van der Waals surface area contributed by atoms with Crippen LogP contribution in [0.4, 0.5) is 17.5 Å². The second-order valence-electron chi connectivity index (χ2n) is 8.45. The smallest absolute Gasteiger partial charge is 0.273 e. The summed E-state index contributed by atoms with van der Waals surface area (Å²) in [6, 6.07) is 6.12. The maximum Gasteiger partial charge on any atom is 0.273 e. The molecule has 32 heavy (non-hydrogen) atoms. The molecule has 1 fully saturated rings. The summed E-state index contributed by atoms with van der Waals surface area (Å²) in [6.07, 6.45) is 10.5. The summed E-state index contributed by atoms with van der Waals surface area (Å²) in [5.74, 6) is -0.102. The van der Waals surface area contributed by atoms with Crippen LogP contribution in [0.15, 0.2) is 18.2 Å². The van der Waals surface area contributed by atoms with Crippen molar-refractivity contribution in [3.8, 4) is 0 Å². The van der Waals surface area contributed by atoms with E-state index < -0.39 is 5.91 Å². The lowest BCUT2D eigenvalue weighted by atomic mass is 9.91. The molecular weight excluding hydrogens is 404 g/mol. The third-order valence-corrected chi connectivity index (χ3v) is 5.45. The first kappa shape index (κ1) is 23.5. The van der Waals surface area contributed by atoms with E-state index >= 15 is 0 Å². The number of rotatable bonds is 8. The minimum absolute atomic E-state index is 0.0109. The lowest BCUT2D eigenvalue weighted by Crippen LogP contribution is -2.43. The van der Waals surface area contributed by atoms with E-state index in [1.165, 1.54) is 0 Å². The summed E-state index contributed by atoms with van der Waals surface area (Å²) >= 11 is 0. The molecular formula is C23H34N8O. The molecule has 0 unspecified atom stereocenters. The first-order valence-corrected chi connectivity index (χ1v) is 11.2. The van der Waals surface area contributed by atoms with E-state index in [-0.39, 0.29) is 23.6 Å². The quantitative estimate of drug-likeness (QED) is 0.484. The lowest BCUT2D eigenvalue weighted by Gasteiger charge is -2.29. The predicted molar refractivity (Wildman–Crippen MR) is 129 cm³/mol. The zero-order valence-corrected chi connectivity index (χ0v) is 19.1. The number of anilines is 3. The monoisotopic (exact) mass is 438 g/mol. The first-order chi connectivity index (χ1) is 15.4. The summed E-state index contributed by atoms with van der Waals surface area (Å²) in [5, 5.41) is 16.7. The van der Waals surface area contributed by atoms with Crippen LogP contribution in [0.3, 0.4) is 0 Å². The number of nitrogens with zero attached hydrogens (tertiary/aromatic N) is 4. The Labute approximate surface area is 189 Å². The number of carbonyl (C=O) groups is 1. The van der Waals surface area contributed by atoms with Crippen molar-refractivity contribution >= 4 is 35.6 Å². The largest absolute Gasteiger partial charge is 0.383 e. The van der Waals surface area contributed by atoms with Gasteiger partial charge in [0, 0.05) is 38.1 Å². The molecule has 3 rings (SSSR count). The Morgan fingerprint density at radius 2 is 2.00 bits per heavy atom. The molecule has 1 saturated carbocycles. The second kappa shape index (κ2) is 10.9. The minimum Gasteiger partial charge on any atom is -0.383 e. The van der Waals surface area contributed by atoms with E-state index in [0.717, 1.165) is 54.6 Å². The average molecular weight is 439 g/mol. The van der Waals surface area contributed by atoms with Gasteiger partial charge in [-0.1, -0.05) is 38.3 Å². The van der Waals surface area contributed by atoms with E-state index in [2.05, 4.69) is 45.0 Å². The number of hydrogen-bond donors (Lipinski definition) is 4. The number of unbranched alkanes of at least 4 members (excludes halogenated alkanes) is 1. The van der Waals surface area contributed by atoms with Gasteiger partial charge in [0.25, 0.3) is 5.91 Å². The highest BCUT2D eigenvalue weighted by molar-refractivity contribution is 5.96. The summed E-state index contributed by atoms with van der Waals surface area (Å²) in [7, 11) is 3.97. The van der Waals surface area contributed by atoms with Crippen LogP contribution in [-0.2, 0) is 0 Å². The fraction of sp³-hybridized carbons (Fsp3) is 0.478. The van der Waals surface area contributed by atoms with Crippen molar-refractivity contribution in [2.24, 2.45) is 11.5 Å². The van der Waals surface area contributed by atoms with Gasteiger partial charge < -0.3 is 27.0 Å². The van der Waals surface area contributed by atoms with Gasteiger partial charge in [-0.2, -0.15) is 4.98 Å². The van der Waals surface area contributed by atoms with Crippen LogP contribution in [-0.4, -0.2) is 52.2 Å². The lowest BCUT2D eigenvalue weighted by molar-refractivity contribution is 0.0995. The standard InChI is InChI=1S/C23H34N8O/c1-4-5-8-15-11-12-17(13-16(15)14-31(2)3)26-22-20(21(25)32)29-30-23(28-22)27-19-10-7-6-9-18(19)24/h8,11-14,18-19H,4-7,9-10,24H2,1-3H3,(H2,25,32)(H2,26,27,28,30)/b15-8?,16-14-/t18-,19+/m0/s1. The number of benzene rings is 1. The Hall–Kier alpha value is -3.20. The van der Waals surface area contributed by atoms with Gasteiger partial charge in [-0.15, -0.1) is 10.2 Å². The van der Waals surface area contributed by atoms with Gasteiger partial charge in [0.05, 0.1) is 0 Å². The highest BCUT2D eigenvalue weighted by Crippen LogP contribution is 2.21. The molecule has 172 valence electrons. The van der Waals surface area contributed by atoms with Crippen LogP contribution in [0.2, 0.25) is 0 Å². The fourth-order valence-corrected chi connectivity index (χ4v) is 3.81. The topological polar surface area (TPSA) is 135 Å². The molecule has 0 saturated heterocycles. The van der Waals surface area contributed by atoms with E-state index in [9.17, 15) is 4.79 Å². The highest BCUT2D eigenvalue weighted by Gasteiger charge is 2.23. The third kappa shape index (κ3) is 6.16. The van der Waals surface area contributed by atoms with Gasteiger partial charge in [-0.3, -0.25) is 4.79 Å². The van der Waals surface area contributed by atoms with Gasteiger partial charge in [-0.25, -0.2) is 0 Å². The molecule has 0 radical (unpaired) electrons. The normalized spacial score (nSPS) is 19.6. The minimum atomic E-state index is -0.693. The molecule has 9 heteroatoms. The number of amides is 1. The van der Waals surface area contributed by atoms with Crippen molar-refractivity contribution in [3.05, 3.63) is 34.3 Å². The molecule has 0 spiro atoms. The number of primary amides is 1. The summed E-state index contributed by atoms with van der Waals surface area (Å²) < 4.78 is 0. The molecule has 2 aromatic rings. The summed E-state index contributed by atoms with van der Waals surface area (Å²) in [6.45, 7) is 2.15. The van der Waals surface area contributed by atoms with Crippen LogP contribution in [0.25, 0.3) is 12.3 Å². The number of aromatic nitrogens is 3. The molecule has 0 bridgehead atoms. The van der Waals surface area contributed by atoms with Gasteiger partial charge in [0.1, 0.15) is 0 Å². The molecule has 1 aromatic heterocycles. The molecule has 2 atom stereocenters. The molecule has 1 aromatic carbocycles. The predicted octanol–water partition coefficient (Wildman–Crippen LogP) is 1.28. The van der Waals surface area contributed by atoms with Gasteiger partial charge in [-0.05, 0) is 41.8 Å². The zero-order chi connectivity index (χ0) is 23.1. The Morgan fingerprint density at radius 3 is 2.69 bits per heavy atom. The van der Waals surface area contributed by atoms with Gasteiger partial charge >= 0.3 is 0 Å². The second-order valence-corrected chi connectivity index (χ2v) is 8.45. The van der Waals surface area contributed by atoms with Crippen molar-refractivity contribution in [1.29, 1.82) is 0 Å². The zero-order valence-electron chi connectivity index (χ0n) is 19.1. The van der Waals surface area contributed by atoms with Crippen molar-refractivity contribution in [2.75, 3.05) is 24.7 Å². The third-order valence-electron chi connectivity index (χ3n) is 5.45. The molecule has 0 aliphatic heterocycles. The SMILES string of the molecule is CCCC=c1ccc(Nc2nc(N[C@@H]3CCCC[C@@H]3N)nnc2C(N)=O)c/c1=C/N(C)C. The molecule has 1 aliphatic carbocycles. The maximum absolute atomic E-state index is 11.9. The Kier molecular flexibility index (Phi) is 7.99. The van der Waals surface area contributed by atoms with Crippen LogP contribution in [0.5, 0.6) is 0 Å². The molecule has 1 heterocycles. The fourth-order valence-electron chi connectivity index (χ4n) is 3.81. The van der Waals surface area contributed by atoms with E-state index in [0.29, 0.717) is 5.95 Å². The van der Waals surface area contributed by atoms with Crippen molar-refractivity contribution in [3.63, 3.8) is 0 Å². The van der Waals surface area contributed by atoms with Crippen LogP contribution in [0.1, 0.15) is 55.9 Å². The first-order valence-electron chi connectivity index (χ1n) is 11.2. The van der Waals surface area contributed by atoms with Crippen molar-refractivity contribution in [1.82, 2.24) is 20.1 Å². The Morgan fingerprint density at radius 1 is 1.22 bits per heavy atom. The molecule has 1 amide bonds. The molecule has 6 N–H and O–H groups in total. The van der Waals surface area contributed by atoms with Crippen LogP contribution in [0, 0.1) is 0 Å². The average Bonchev–Trinajstić information content (AvgIpc) is 2.74. The van der Waals surface area contributed by atoms with Gasteiger partial charge in [0.2, 0.25) is 5.95 Å². The van der Waals surface area contributed by atoms with E-state index in [4.69, 9.17) is 11.5 Å². The van der Waals surface area contributed by atoms with Crippen molar-refractivity contribution < 1.29 is 4.79 Å². The highest BCUT2D eigenvalue weighted by atomic mass is 16.1. The maximum atomic E-state index is 11.9. The Balaban J connectivity index is 1.93. The van der Waals surface area contributed by atoms with Crippen LogP contribution < -0.4 is 32.5 Å². The Bertz CT molecular complexity index is 1050. The molecule has 9 nitrogen and oxygen atoms in total. The van der Waals surface area contributed by atoms with Crippen LogP contribution >= 0.6 is 0 Å². The van der Waals surface area contributed by atoms with Crippen molar-refractivity contribution in [2.45, 2.75) is 57.5 Å².